The van der Waals surface area contributed by atoms with Crippen LogP contribution in [0.15, 0.2) is 0 Å². The molecule has 1 aromatic rings. The SMILES string of the molecule is NCc1nnn(CC2C3CC4CC(C3)CC2C4)c1N. The van der Waals surface area contributed by atoms with Crippen molar-refractivity contribution in [1.29, 1.82) is 0 Å². The lowest BCUT2D eigenvalue weighted by Crippen LogP contribution is -2.46. The van der Waals surface area contributed by atoms with E-state index in [1.807, 2.05) is 4.68 Å². The van der Waals surface area contributed by atoms with Gasteiger partial charge < -0.3 is 11.5 Å². The van der Waals surface area contributed by atoms with Crippen LogP contribution in [0.5, 0.6) is 0 Å². The van der Waals surface area contributed by atoms with E-state index in [2.05, 4.69) is 10.3 Å². The molecule has 4 fully saturated rings. The fraction of sp³-hybridized carbons (Fsp3) is 0.857. The van der Waals surface area contributed by atoms with Crippen LogP contribution in [-0.2, 0) is 13.1 Å². The second kappa shape index (κ2) is 4.20. The van der Waals surface area contributed by atoms with E-state index in [1.165, 1.54) is 32.1 Å². The van der Waals surface area contributed by atoms with Crippen LogP contribution >= 0.6 is 0 Å². The summed E-state index contributed by atoms with van der Waals surface area (Å²) in [5.74, 6) is 5.29. The minimum absolute atomic E-state index is 0.382. The Morgan fingerprint density at radius 2 is 1.68 bits per heavy atom. The lowest BCUT2D eigenvalue weighted by molar-refractivity contribution is -0.0441. The number of aromatic nitrogens is 3. The number of nitrogens with zero attached hydrogens (tertiary/aromatic N) is 3. The molecule has 0 atom stereocenters. The van der Waals surface area contributed by atoms with Crippen molar-refractivity contribution in [3.05, 3.63) is 5.69 Å². The summed E-state index contributed by atoms with van der Waals surface area (Å²) >= 11 is 0. The maximum Gasteiger partial charge on any atom is 0.146 e. The average molecular weight is 261 g/mol. The van der Waals surface area contributed by atoms with Crippen LogP contribution in [0, 0.1) is 29.6 Å². The first kappa shape index (κ1) is 11.7. The third-order valence-corrected chi connectivity index (χ3v) is 5.85. The standard InChI is InChI=1S/C14H23N5/c15-6-13-14(16)19(18-17-13)7-12-10-2-8-1-9(4-10)5-11(12)3-8/h8-12H,1-7,15-16H2. The van der Waals surface area contributed by atoms with Crippen LogP contribution in [0.1, 0.15) is 37.8 Å². The molecule has 4 aliphatic rings. The molecule has 0 aromatic carbocycles. The molecule has 1 heterocycles. The average Bonchev–Trinajstić information content (AvgIpc) is 2.74. The summed E-state index contributed by atoms with van der Waals surface area (Å²) in [5.41, 5.74) is 12.4. The van der Waals surface area contributed by atoms with Crippen molar-refractivity contribution in [2.24, 2.45) is 35.3 Å². The van der Waals surface area contributed by atoms with Crippen molar-refractivity contribution in [3.8, 4) is 0 Å². The zero-order chi connectivity index (χ0) is 13.0. The normalized spacial score (nSPS) is 39.9. The molecular weight excluding hydrogens is 238 g/mol. The van der Waals surface area contributed by atoms with Gasteiger partial charge in [-0.2, -0.15) is 0 Å². The Morgan fingerprint density at radius 3 is 2.21 bits per heavy atom. The van der Waals surface area contributed by atoms with Gasteiger partial charge in [0, 0.05) is 13.1 Å². The summed E-state index contributed by atoms with van der Waals surface area (Å²) in [6, 6.07) is 0. The maximum absolute atomic E-state index is 6.08. The van der Waals surface area contributed by atoms with Crippen LogP contribution in [-0.4, -0.2) is 15.0 Å². The molecular formula is C14H23N5. The lowest BCUT2D eigenvalue weighted by atomic mass is 9.52. The topological polar surface area (TPSA) is 82.8 Å². The quantitative estimate of drug-likeness (QED) is 0.861. The molecule has 0 aliphatic heterocycles. The van der Waals surface area contributed by atoms with Crippen molar-refractivity contribution in [2.45, 2.75) is 45.2 Å². The highest BCUT2D eigenvalue weighted by molar-refractivity contribution is 5.33. The van der Waals surface area contributed by atoms with Gasteiger partial charge in [-0.15, -0.1) is 5.10 Å². The molecule has 4 aliphatic carbocycles. The van der Waals surface area contributed by atoms with E-state index in [4.69, 9.17) is 11.5 Å². The Bertz CT molecular complexity index is 452. The molecule has 19 heavy (non-hydrogen) atoms. The lowest BCUT2D eigenvalue weighted by Gasteiger charge is -2.54. The van der Waals surface area contributed by atoms with E-state index >= 15 is 0 Å². The van der Waals surface area contributed by atoms with Crippen molar-refractivity contribution < 1.29 is 0 Å². The molecule has 4 N–H and O–H groups in total. The second-order valence-corrected chi connectivity index (χ2v) is 6.90. The first-order valence-electron chi connectivity index (χ1n) is 7.62. The van der Waals surface area contributed by atoms with E-state index < -0.39 is 0 Å². The molecule has 0 amide bonds. The van der Waals surface area contributed by atoms with Crippen molar-refractivity contribution in [1.82, 2.24) is 15.0 Å². The number of nitrogen functional groups attached to an aromatic ring is 1. The van der Waals surface area contributed by atoms with Gasteiger partial charge in [0.15, 0.2) is 0 Å². The predicted octanol–water partition coefficient (Wildman–Crippen LogP) is 1.39. The van der Waals surface area contributed by atoms with Crippen molar-refractivity contribution in [3.63, 3.8) is 0 Å². The Kier molecular flexibility index (Phi) is 2.59. The number of hydrogen-bond acceptors (Lipinski definition) is 4. The summed E-state index contributed by atoms with van der Waals surface area (Å²) in [6.07, 6.45) is 7.26. The second-order valence-electron chi connectivity index (χ2n) is 6.90. The molecule has 0 radical (unpaired) electrons. The smallest absolute Gasteiger partial charge is 0.146 e. The van der Waals surface area contributed by atoms with E-state index in [9.17, 15) is 0 Å². The van der Waals surface area contributed by atoms with E-state index in [0.29, 0.717) is 12.4 Å². The summed E-state index contributed by atoms with van der Waals surface area (Å²) in [5, 5.41) is 8.28. The molecule has 4 bridgehead atoms. The number of nitrogens with two attached hydrogens (primary N) is 2. The summed E-state index contributed by atoms with van der Waals surface area (Å²) in [4.78, 5) is 0. The molecule has 5 nitrogen and oxygen atoms in total. The zero-order valence-electron chi connectivity index (χ0n) is 11.3. The van der Waals surface area contributed by atoms with Gasteiger partial charge in [0.05, 0.1) is 0 Å². The van der Waals surface area contributed by atoms with Crippen LogP contribution in [0.3, 0.4) is 0 Å². The molecule has 104 valence electrons. The van der Waals surface area contributed by atoms with Gasteiger partial charge in [-0.3, -0.25) is 0 Å². The minimum Gasteiger partial charge on any atom is -0.382 e. The summed E-state index contributed by atoms with van der Waals surface area (Å²) < 4.78 is 1.90. The first-order valence-corrected chi connectivity index (χ1v) is 7.62. The van der Waals surface area contributed by atoms with Crippen LogP contribution in [0.4, 0.5) is 5.82 Å². The molecule has 5 heteroatoms. The molecule has 5 rings (SSSR count). The minimum atomic E-state index is 0.382. The van der Waals surface area contributed by atoms with Gasteiger partial charge in [-0.25, -0.2) is 4.68 Å². The van der Waals surface area contributed by atoms with E-state index in [-0.39, 0.29) is 0 Å². The Hall–Kier alpha value is -1.10. The summed E-state index contributed by atoms with van der Waals surface area (Å²) in [7, 11) is 0. The van der Waals surface area contributed by atoms with Gasteiger partial charge in [0.25, 0.3) is 0 Å². The molecule has 1 aromatic heterocycles. The van der Waals surface area contributed by atoms with Crippen molar-refractivity contribution in [2.75, 3.05) is 5.73 Å². The first-order chi connectivity index (χ1) is 9.24. The molecule has 0 unspecified atom stereocenters. The van der Waals surface area contributed by atoms with Crippen LogP contribution in [0.2, 0.25) is 0 Å². The predicted molar refractivity (Wildman–Crippen MR) is 72.9 cm³/mol. The summed E-state index contributed by atoms with van der Waals surface area (Å²) in [6.45, 7) is 1.33. The van der Waals surface area contributed by atoms with E-state index in [1.54, 1.807) is 0 Å². The van der Waals surface area contributed by atoms with Gasteiger partial charge >= 0.3 is 0 Å². The maximum atomic E-state index is 6.08. The molecule has 0 saturated heterocycles. The fourth-order valence-corrected chi connectivity index (χ4v) is 5.17. The highest BCUT2D eigenvalue weighted by Crippen LogP contribution is 2.56. The molecule has 4 saturated carbocycles. The zero-order valence-corrected chi connectivity index (χ0v) is 11.3. The number of hydrogen-bond donors (Lipinski definition) is 2. The van der Waals surface area contributed by atoms with Gasteiger partial charge in [0.2, 0.25) is 0 Å². The Balaban J connectivity index is 1.55. The number of anilines is 1. The van der Waals surface area contributed by atoms with Gasteiger partial charge in [0.1, 0.15) is 11.5 Å². The Labute approximate surface area is 113 Å². The third kappa shape index (κ3) is 1.78. The van der Waals surface area contributed by atoms with Crippen molar-refractivity contribution >= 4 is 5.82 Å². The van der Waals surface area contributed by atoms with Gasteiger partial charge in [-0.05, 0) is 61.7 Å². The monoisotopic (exact) mass is 261 g/mol. The van der Waals surface area contributed by atoms with Gasteiger partial charge in [-0.1, -0.05) is 5.21 Å². The fourth-order valence-electron chi connectivity index (χ4n) is 5.17. The third-order valence-electron chi connectivity index (χ3n) is 5.85. The van der Waals surface area contributed by atoms with Crippen LogP contribution < -0.4 is 11.5 Å². The number of rotatable bonds is 3. The van der Waals surface area contributed by atoms with E-state index in [0.717, 1.165) is 41.8 Å². The molecule has 0 spiro atoms. The highest BCUT2D eigenvalue weighted by Gasteiger charge is 2.48. The Morgan fingerprint density at radius 1 is 1.05 bits per heavy atom. The van der Waals surface area contributed by atoms with Crippen LogP contribution in [0.25, 0.3) is 0 Å². The highest BCUT2D eigenvalue weighted by atomic mass is 15.4. The largest absolute Gasteiger partial charge is 0.382 e.